The molecule has 0 bridgehead atoms. The summed E-state index contributed by atoms with van der Waals surface area (Å²) in [5, 5.41) is 10.9. The zero-order valence-electron chi connectivity index (χ0n) is 15.7. The molecule has 1 atom stereocenters. The van der Waals surface area contributed by atoms with Gasteiger partial charge in [0.1, 0.15) is 12.2 Å². The van der Waals surface area contributed by atoms with Gasteiger partial charge >= 0.3 is 6.09 Å². The Bertz CT molecular complexity index is 842. The average molecular weight is 376 g/mol. The molecular weight excluding hydrogens is 352 g/mol. The highest BCUT2D eigenvalue weighted by molar-refractivity contribution is 5.78. The van der Waals surface area contributed by atoms with Crippen LogP contribution in [0.5, 0.6) is 6.01 Å². The van der Waals surface area contributed by atoms with Crippen molar-refractivity contribution in [2.45, 2.75) is 51.7 Å². The van der Waals surface area contributed by atoms with Crippen LogP contribution in [-0.2, 0) is 4.74 Å². The van der Waals surface area contributed by atoms with Crippen LogP contribution in [0.15, 0.2) is 18.2 Å². The average Bonchev–Trinajstić information content (AvgIpc) is 3.00. The smallest absolute Gasteiger partial charge is 0.410 e. The normalized spacial score (nSPS) is 17.7. The van der Waals surface area contributed by atoms with Gasteiger partial charge in [-0.05, 0) is 46.1 Å². The van der Waals surface area contributed by atoms with Crippen molar-refractivity contribution >= 4 is 22.8 Å². The Kier molecular flexibility index (Phi) is 5.20. The standard InChI is InChI=1S/C18H24N4O5/c1-18(2,3)27-17(23)21-9-5-4-6-13(21)11-26-16-19-14-8-7-12(22(24)25)10-15(14)20-16/h7-8,10,13H,4-6,9,11H2,1-3H3,(H,19,20). The highest BCUT2D eigenvalue weighted by Gasteiger charge is 2.31. The van der Waals surface area contributed by atoms with E-state index in [4.69, 9.17) is 9.47 Å². The topological polar surface area (TPSA) is 111 Å². The van der Waals surface area contributed by atoms with E-state index < -0.39 is 10.5 Å². The zero-order valence-corrected chi connectivity index (χ0v) is 15.7. The molecule has 2 aromatic rings. The minimum Gasteiger partial charge on any atom is -0.463 e. The Balaban J connectivity index is 1.67. The number of nitro benzene ring substituents is 1. The van der Waals surface area contributed by atoms with Gasteiger partial charge < -0.3 is 19.4 Å². The number of nitrogens with one attached hydrogen (secondary N) is 1. The van der Waals surface area contributed by atoms with Crippen LogP contribution >= 0.6 is 0 Å². The lowest BCUT2D eigenvalue weighted by Gasteiger charge is -2.36. The number of nitrogens with zero attached hydrogens (tertiary/aromatic N) is 3. The molecule has 9 nitrogen and oxygen atoms in total. The molecule has 1 N–H and O–H groups in total. The molecule has 0 radical (unpaired) electrons. The largest absolute Gasteiger partial charge is 0.463 e. The Hall–Kier alpha value is -2.84. The Labute approximate surface area is 156 Å². The van der Waals surface area contributed by atoms with Gasteiger partial charge in [0.25, 0.3) is 11.7 Å². The van der Waals surface area contributed by atoms with Gasteiger partial charge in [0, 0.05) is 18.7 Å². The summed E-state index contributed by atoms with van der Waals surface area (Å²) in [6, 6.07) is 4.57. The number of aromatic nitrogens is 2. The van der Waals surface area contributed by atoms with Crippen molar-refractivity contribution in [2.75, 3.05) is 13.2 Å². The van der Waals surface area contributed by atoms with Gasteiger partial charge in [0.2, 0.25) is 0 Å². The fourth-order valence-corrected chi connectivity index (χ4v) is 3.07. The SMILES string of the molecule is CC(C)(C)OC(=O)N1CCCCC1COc1nc2ccc([N+](=O)[O-])cc2[nH]1. The van der Waals surface area contributed by atoms with Gasteiger partial charge in [0.15, 0.2) is 0 Å². The lowest BCUT2D eigenvalue weighted by molar-refractivity contribution is -0.384. The molecule has 1 aliphatic heterocycles. The molecular formula is C18H24N4O5. The molecule has 2 heterocycles. The molecule has 0 saturated carbocycles. The molecule has 0 spiro atoms. The molecule has 1 amide bonds. The zero-order chi connectivity index (χ0) is 19.6. The van der Waals surface area contributed by atoms with E-state index in [0.717, 1.165) is 19.3 Å². The number of piperidine rings is 1. The second-order valence-electron chi connectivity index (χ2n) is 7.63. The van der Waals surface area contributed by atoms with Crippen molar-refractivity contribution in [2.24, 2.45) is 0 Å². The fourth-order valence-electron chi connectivity index (χ4n) is 3.07. The van der Waals surface area contributed by atoms with Gasteiger partial charge in [-0.1, -0.05) is 0 Å². The summed E-state index contributed by atoms with van der Waals surface area (Å²) >= 11 is 0. The number of nitro groups is 1. The maximum Gasteiger partial charge on any atom is 0.410 e. The van der Waals surface area contributed by atoms with E-state index in [1.54, 1.807) is 11.0 Å². The number of amides is 1. The third-order valence-electron chi connectivity index (χ3n) is 4.32. The van der Waals surface area contributed by atoms with E-state index in [1.165, 1.54) is 12.1 Å². The minimum absolute atomic E-state index is 0.0129. The molecule has 9 heteroatoms. The van der Waals surface area contributed by atoms with E-state index in [1.807, 2.05) is 20.8 Å². The van der Waals surface area contributed by atoms with E-state index in [9.17, 15) is 14.9 Å². The first-order valence-corrected chi connectivity index (χ1v) is 8.99. The quantitative estimate of drug-likeness (QED) is 0.644. The van der Waals surface area contributed by atoms with Crippen LogP contribution in [0.1, 0.15) is 40.0 Å². The molecule has 1 aliphatic rings. The Morgan fingerprint density at radius 2 is 2.19 bits per heavy atom. The second-order valence-corrected chi connectivity index (χ2v) is 7.63. The van der Waals surface area contributed by atoms with E-state index in [0.29, 0.717) is 17.6 Å². The second kappa shape index (κ2) is 7.42. The number of rotatable bonds is 4. The molecule has 1 fully saturated rings. The molecule has 1 aromatic heterocycles. The highest BCUT2D eigenvalue weighted by Crippen LogP contribution is 2.24. The molecule has 1 unspecified atom stereocenters. The van der Waals surface area contributed by atoms with Gasteiger partial charge in [-0.2, -0.15) is 4.98 Å². The number of fused-ring (bicyclic) bond motifs is 1. The van der Waals surface area contributed by atoms with Crippen LogP contribution in [-0.4, -0.2) is 50.7 Å². The summed E-state index contributed by atoms with van der Waals surface area (Å²) in [6.45, 7) is 6.44. The number of imidazole rings is 1. The number of carbonyl (C=O) groups is 1. The number of aromatic amines is 1. The Morgan fingerprint density at radius 1 is 1.41 bits per heavy atom. The fraction of sp³-hybridized carbons (Fsp3) is 0.556. The maximum absolute atomic E-state index is 12.4. The summed E-state index contributed by atoms with van der Waals surface area (Å²) in [6.07, 6.45) is 2.44. The lowest BCUT2D eigenvalue weighted by Crippen LogP contribution is -2.48. The van der Waals surface area contributed by atoms with Crippen molar-refractivity contribution in [1.82, 2.24) is 14.9 Å². The van der Waals surface area contributed by atoms with E-state index in [-0.39, 0.29) is 30.4 Å². The number of hydrogen-bond donors (Lipinski definition) is 1. The van der Waals surface area contributed by atoms with Gasteiger partial charge in [0.05, 0.1) is 22.0 Å². The lowest BCUT2D eigenvalue weighted by atomic mass is 10.0. The molecule has 27 heavy (non-hydrogen) atoms. The number of hydrogen-bond acceptors (Lipinski definition) is 6. The van der Waals surface area contributed by atoms with Crippen molar-refractivity contribution in [3.05, 3.63) is 28.3 Å². The molecule has 1 saturated heterocycles. The van der Waals surface area contributed by atoms with Crippen LogP contribution in [0.25, 0.3) is 11.0 Å². The van der Waals surface area contributed by atoms with E-state index >= 15 is 0 Å². The van der Waals surface area contributed by atoms with Crippen LogP contribution in [0.2, 0.25) is 0 Å². The van der Waals surface area contributed by atoms with Gasteiger partial charge in [-0.25, -0.2) is 4.79 Å². The first-order valence-electron chi connectivity index (χ1n) is 8.99. The van der Waals surface area contributed by atoms with E-state index in [2.05, 4.69) is 9.97 Å². The predicted octanol–water partition coefficient (Wildman–Crippen LogP) is 3.64. The monoisotopic (exact) mass is 376 g/mol. The number of ether oxygens (including phenoxy) is 2. The van der Waals surface area contributed by atoms with Crippen LogP contribution < -0.4 is 4.74 Å². The van der Waals surface area contributed by atoms with Crippen molar-refractivity contribution < 1.29 is 19.2 Å². The Morgan fingerprint density at radius 3 is 2.89 bits per heavy atom. The number of H-pyrrole nitrogens is 1. The van der Waals surface area contributed by atoms with Crippen molar-refractivity contribution in [1.29, 1.82) is 0 Å². The van der Waals surface area contributed by atoms with Crippen molar-refractivity contribution in [3.63, 3.8) is 0 Å². The number of benzene rings is 1. The first kappa shape index (κ1) is 18.9. The summed E-state index contributed by atoms with van der Waals surface area (Å²) in [7, 11) is 0. The summed E-state index contributed by atoms with van der Waals surface area (Å²) in [4.78, 5) is 31.8. The van der Waals surface area contributed by atoms with Gasteiger partial charge in [-0.15, -0.1) is 0 Å². The number of non-ortho nitro benzene ring substituents is 1. The predicted molar refractivity (Wildman–Crippen MR) is 98.8 cm³/mol. The number of carbonyl (C=O) groups excluding carboxylic acids is 1. The summed E-state index contributed by atoms with van der Waals surface area (Å²) in [5.74, 6) is 0. The first-order chi connectivity index (χ1) is 12.7. The maximum atomic E-state index is 12.4. The third-order valence-corrected chi connectivity index (χ3v) is 4.32. The molecule has 146 valence electrons. The highest BCUT2D eigenvalue weighted by atomic mass is 16.6. The third kappa shape index (κ3) is 4.66. The van der Waals surface area contributed by atoms with Crippen LogP contribution in [0.4, 0.5) is 10.5 Å². The summed E-state index contributed by atoms with van der Waals surface area (Å²) in [5.41, 5.74) is 0.559. The molecule has 0 aliphatic carbocycles. The summed E-state index contributed by atoms with van der Waals surface area (Å²) < 4.78 is 11.2. The van der Waals surface area contributed by atoms with Crippen molar-refractivity contribution in [3.8, 4) is 6.01 Å². The molecule has 1 aromatic carbocycles. The van der Waals surface area contributed by atoms with Gasteiger partial charge in [-0.3, -0.25) is 10.1 Å². The minimum atomic E-state index is -0.548. The molecule has 3 rings (SSSR count). The van der Waals surface area contributed by atoms with Crippen LogP contribution in [0, 0.1) is 10.1 Å². The van der Waals surface area contributed by atoms with Crippen LogP contribution in [0.3, 0.4) is 0 Å². The number of likely N-dealkylation sites (tertiary alicyclic amines) is 1.